The zero-order valence-corrected chi connectivity index (χ0v) is 6.39. The van der Waals surface area contributed by atoms with E-state index < -0.39 is 0 Å². The van der Waals surface area contributed by atoms with Crippen LogP contribution in [-0.4, -0.2) is 51.8 Å². The second kappa shape index (κ2) is 18.9. The van der Waals surface area contributed by atoms with Crippen molar-refractivity contribution in [2.24, 2.45) is 0 Å². The second-order valence-corrected chi connectivity index (χ2v) is 0.0816. The van der Waals surface area contributed by atoms with Crippen molar-refractivity contribution >= 4 is 41.3 Å². The van der Waals surface area contributed by atoms with Gasteiger partial charge in [0.05, 0.1) is 0 Å². The molecule has 0 aliphatic heterocycles. The van der Waals surface area contributed by atoms with Crippen LogP contribution >= 0.6 is 0 Å². The zero-order valence-electron chi connectivity index (χ0n) is 2.38. The van der Waals surface area contributed by atoms with E-state index in [1.54, 1.807) is 0 Å². The van der Waals surface area contributed by atoms with Crippen molar-refractivity contribution in [3.05, 3.63) is 0 Å². The van der Waals surface area contributed by atoms with Crippen LogP contribution in [0.2, 0.25) is 0 Å². The molecule has 0 bridgehead atoms. The van der Waals surface area contributed by atoms with Crippen LogP contribution in [0, 0.1) is 0 Å². The van der Waals surface area contributed by atoms with Gasteiger partial charge in [-0.25, -0.2) is 10.5 Å². The molecule has 0 spiro atoms. The minimum Gasteiger partial charge on any atom is -0.221 e. The Labute approximate surface area is 56.9 Å². The van der Waals surface area contributed by atoms with E-state index in [0.717, 1.165) is 0 Å². The van der Waals surface area contributed by atoms with E-state index in [0.29, 0.717) is 0 Å². The molecule has 0 saturated carbocycles. The van der Waals surface area contributed by atoms with Gasteiger partial charge in [-0.1, -0.05) is 5.04 Å². The SMILES string of the molecule is OOO.[Al].[Sn]. The molecule has 0 heterocycles. The Bertz CT molecular complexity index is 6.85. The quantitative estimate of drug-likeness (QED) is 0.302. The predicted molar refractivity (Wildman–Crippen MR) is 17.9 cm³/mol. The molecule has 0 aromatic carbocycles. The Morgan fingerprint density at radius 2 is 1.20 bits per heavy atom. The molecule has 0 aromatic rings. The zero-order chi connectivity index (χ0) is 2.71. The van der Waals surface area contributed by atoms with Gasteiger partial charge in [0, 0.05) is 41.3 Å². The van der Waals surface area contributed by atoms with E-state index in [2.05, 4.69) is 5.04 Å². The largest absolute Gasteiger partial charge is 0.221 e. The molecule has 3 nitrogen and oxygen atoms in total. The van der Waals surface area contributed by atoms with Gasteiger partial charge in [0.15, 0.2) is 0 Å². The van der Waals surface area contributed by atoms with Gasteiger partial charge in [-0.3, -0.25) is 0 Å². The summed E-state index contributed by atoms with van der Waals surface area (Å²) in [5, 5.41) is 15.5. The molecule has 0 aliphatic rings. The average Bonchev–Trinajstić information content (AvgIpc) is 0.918. The summed E-state index contributed by atoms with van der Waals surface area (Å²) in [5.41, 5.74) is 0. The molecule has 27 valence electrons. The summed E-state index contributed by atoms with van der Waals surface area (Å²) < 4.78 is 0. The molecule has 5 heteroatoms. The molecule has 5 heavy (non-hydrogen) atoms. The van der Waals surface area contributed by atoms with Gasteiger partial charge in [-0.05, 0) is 0 Å². The summed E-state index contributed by atoms with van der Waals surface area (Å²) in [7, 11) is 0. The van der Waals surface area contributed by atoms with E-state index in [1.165, 1.54) is 0 Å². The van der Waals surface area contributed by atoms with Gasteiger partial charge >= 0.3 is 0 Å². The summed E-state index contributed by atoms with van der Waals surface area (Å²) in [6, 6.07) is 0. The summed E-state index contributed by atoms with van der Waals surface area (Å²) in [6.07, 6.45) is 0. The van der Waals surface area contributed by atoms with Crippen LogP contribution in [-0.2, 0) is 5.04 Å². The van der Waals surface area contributed by atoms with E-state index in [9.17, 15) is 0 Å². The first kappa shape index (κ1) is 16.4. The Balaban J connectivity index is -0.0000000200. The molecular formula is H2AlO3Sn. The maximum atomic E-state index is 6.62. The summed E-state index contributed by atoms with van der Waals surface area (Å²) in [6.45, 7) is 0. The smallest absolute Gasteiger partial charge is 0 e. The van der Waals surface area contributed by atoms with Gasteiger partial charge < -0.3 is 0 Å². The molecule has 2 N–H and O–H groups in total. The predicted octanol–water partition coefficient (Wildman–Crippen LogP) is -0.813. The normalized spacial score (nSPS) is 3.60. The Morgan fingerprint density at radius 3 is 1.20 bits per heavy atom. The van der Waals surface area contributed by atoms with Crippen LogP contribution in [0.1, 0.15) is 0 Å². The van der Waals surface area contributed by atoms with Crippen molar-refractivity contribution in [2.45, 2.75) is 0 Å². The van der Waals surface area contributed by atoms with E-state index in [1.807, 2.05) is 0 Å². The van der Waals surface area contributed by atoms with Gasteiger partial charge in [-0.15, -0.1) is 0 Å². The number of hydrogen-bond acceptors (Lipinski definition) is 3. The van der Waals surface area contributed by atoms with Crippen molar-refractivity contribution in [2.75, 3.05) is 0 Å². The monoisotopic (exact) mass is 197 g/mol. The molecule has 7 radical (unpaired) electrons. The Kier molecular flexibility index (Phi) is 61.8. The molecule has 0 aromatic heterocycles. The van der Waals surface area contributed by atoms with Crippen molar-refractivity contribution in [3.8, 4) is 0 Å². The van der Waals surface area contributed by atoms with E-state index in [-0.39, 0.29) is 41.3 Å². The number of rotatable bonds is 0. The van der Waals surface area contributed by atoms with E-state index >= 15 is 0 Å². The topological polar surface area (TPSA) is 49.7 Å². The van der Waals surface area contributed by atoms with Crippen molar-refractivity contribution < 1.29 is 15.6 Å². The van der Waals surface area contributed by atoms with Crippen LogP contribution in [0.15, 0.2) is 0 Å². The first-order valence-electron chi connectivity index (χ1n) is 0.365. The summed E-state index contributed by atoms with van der Waals surface area (Å²) in [5.74, 6) is 0. The van der Waals surface area contributed by atoms with Gasteiger partial charge in [0.1, 0.15) is 0 Å². The summed E-state index contributed by atoms with van der Waals surface area (Å²) in [4.78, 5) is 0. The van der Waals surface area contributed by atoms with Crippen molar-refractivity contribution in [1.29, 1.82) is 0 Å². The minimum atomic E-state index is 0. The van der Waals surface area contributed by atoms with Crippen LogP contribution in [0.4, 0.5) is 0 Å². The fourth-order valence-electron chi connectivity index (χ4n) is 0. The van der Waals surface area contributed by atoms with Crippen molar-refractivity contribution in [1.82, 2.24) is 0 Å². The molecule has 0 rings (SSSR count). The van der Waals surface area contributed by atoms with Gasteiger partial charge in [0.2, 0.25) is 0 Å². The van der Waals surface area contributed by atoms with Gasteiger partial charge in [0.25, 0.3) is 0 Å². The third-order valence-corrected chi connectivity index (χ3v) is 0. The van der Waals surface area contributed by atoms with Crippen molar-refractivity contribution in [3.63, 3.8) is 0 Å². The number of hydrogen-bond donors (Lipinski definition) is 2. The second-order valence-electron chi connectivity index (χ2n) is 0.0816. The summed E-state index contributed by atoms with van der Waals surface area (Å²) >= 11 is 0. The molecule has 0 aliphatic carbocycles. The molecule has 0 amide bonds. The van der Waals surface area contributed by atoms with Crippen LogP contribution in [0.5, 0.6) is 0 Å². The standard InChI is InChI=1S/Al.H2O3.Sn/c;1-3-2;/h;1-2H;. The van der Waals surface area contributed by atoms with Crippen LogP contribution in [0.25, 0.3) is 0 Å². The third kappa shape index (κ3) is 36.6. The Morgan fingerprint density at radius 1 is 1.20 bits per heavy atom. The van der Waals surface area contributed by atoms with Crippen LogP contribution in [0.3, 0.4) is 0 Å². The molecule has 0 unspecified atom stereocenters. The molecular weight excluding hydrogens is 194 g/mol. The fourth-order valence-corrected chi connectivity index (χ4v) is 0. The third-order valence-electron chi connectivity index (χ3n) is 0. The average molecular weight is 196 g/mol. The van der Waals surface area contributed by atoms with Gasteiger partial charge in [-0.2, -0.15) is 0 Å². The molecule has 0 saturated heterocycles. The first-order valence-corrected chi connectivity index (χ1v) is 0.365. The minimum absolute atomic E-state index is 0. The van der Waals surface area contributed by atoms with Crippen LogP contribution < -0.4 is 0 Å². The Hall–Kier alpha value is 1.21. The maximum absolute atomic E-state index is 6.62. The first-order chi connectivity index (χ1) is 1.41. The van der Waals surface area contributed by atoms with E-state index in [4.69, 9.17) is 10.5 Å². The molecule has 0 fully saturated rings. The maximum Gasteiger partial charge on any atom is 0 e. The fraction of sp³-hybridized carbons (Fsp3) is 0. The molecule has 0 atom stereocenters.